The molecule has 0 heterocycles. The van der Waals surface area contributed by atoms with E-state index < -0.39 is 0 Å². The number of carbonyl (C=O) groups excluding carboxylic acids is 1. The van der Waals surface area contributed by atoms with E-state index in [4.69, 9.17) is 11.6 Å². The van der Waals surface area contributed by atoms with E-state index >= 15 is 0 Å². The molecule has 0 spiro atoms. The molecular weight excluding hydrogens is 310 g/mol. The summed E-state index contributed by atoms with van der Waals surface area (Å²) in [7, 11) is 0. The van der Waals surface area contributed by atoms with Crippen molar-refractivity contribution in [1.29, 1.82) is 0 Å². The number of carbonyl (C=O) groups is 1. The van der Waals surface area contributed by atoms with E-state index in [1.807, 2.05) is 24.3 Å². The van der Waals surface area contributed by atoms with Crippen molar-refractivity contribution in [2.45, 2.75) is 32.2 Å². The van der Waals surface area contributed by atoms with Gasteiger partial charge in [0.15, 0.2) is 5.78 Å². The Morgan fingerprint density at radius 1 is 1.09 bits per heavy atom. The third kappa shape index (κ3) is 5.70. The van der Waals surface area contributed by atoms with Gasteiger partial charge in [-0.2, -0.15) is 0 Å². The van der Waals surface area contributed by atoms with Crippen LogP contribution in [0.4, 0.5) is 0 Å². The Bertz CT molecular complexity index is 648. The van der Waals surface area contributed by atoms with Crippen LogP contribution in [0.2, 0.25) is 5.02 Å². The SMILES string of the molecule is CC(C)(Cc1ccc(Cl)cc1)NCCC(=O)c1ccc(O)cc1. The Kier molecular flexibility index (Phi) is 5.80. The predicted molar refractivity (Wildman–Crippen MR) is 94.3 cm³/mol. The van der Waals surface area contributed by atoms with Gasteiger partial charge in [-0.15, -0.1) is 0 Å². The lowest BCUT2D eigenvalue weighted by atomic mass is 9.94. The van der Waals surface area contributed by atoms with Gasteiger partial charge in [0.25, 0.3) is 0 Å². The number of hydrogen-bond donors (Lipinski definition) is 2. The molecule has 0 bridgehead atoms. The summed E-state index contributed by atoms with van der Waals surface area (Å²) in [6, 6.07) is 14.2. The van der Waals surface area contributed by atoms with Crippen LogP contribution in [-0.2, 0) is 6.42 Å². The Morgan fingerprint density at radius 2 is 1.70 bits per heavy atom. The van der Waals surface area contributed by atoms with Crippen molar-refractivity contribution in [2.75, 3.05) is 6.54 Å². The highest BCUT2D eigenvalue weighted by atomic mass is 35.5. The van der Waals surface area contributed by atoms with Crippen LogP contribution in [0, 0.1) is 0 Å². The molecule has 0 amide bonds. The smallest absolute Gasteiger partial charge is 0.164 e. The average Bonchev–Trinajstić information content (AvgIpc) is 2.50. The minimum Gasteiger partial charge on any atom is -0.508 e. The second-order valence-electron chi connectivity index (χ2n) is 6.33. The van der Waals surface area contributed by atoms with Crippen LogP contribution in [0.25, 0.3) is 0 Å². The summed E-state index contributed by atoms with van der Waals surface area (Å²) < 4.78 is 0. The summed E-state index contributed by atoms with van der Waals surface area (Å²) >= 11 is 5.90. The third-order valence-electron chi connectivity index (χ3n) is 3.70. The molecule has 0 unspecified atom stereocenters. The van der Waals surface area contributed by atoms with E-state index in [0.717, 1.165) is 11.4 Å². The molecule has 0 aliphatic rings. The lowest BCUT2D eigenvalue weighted by Crippen LogP contribution is -2.42. The lowest BCUT2D eigenvalue weighted by Gasteiger charge is -2.26. The molecule has 3 nitrogen and oxygen atoms in total. The van der Waals surface area contributed by atoms with E-state index in [2.05, 4.69) is 19.2 Å². The number of rotatable bonds is 7. The van der Waals surface area contributed by atoms with Crippen molar-refractivity contribution < 1.29 is 9.90 Å². The molecule has 0 atom stereocenters. The van der Waals surface area contributed by atoms with Crippen LogP contribution in [-0.4, -0.2) is 23.0 Å². The maximum absolute atomic E-state index is 12.1. The van der Waals surface area contributed by atoms with Crippen molar-refractivity contribution >= 4 is 17.4 Å². The van der Waals surface area contributed by atoms with Crippen molar-refractivity contribution in [3.8, 4) is 5.75 Å². The van der Waals surface area contributed by atoms with Crippen LogP contribution in [0.15, 0.2) is 48.5 Å². The Labute approximate surface area is 142 Å². The summed E-state index contributed by atoms with van der Waals surface area (Å²) in [5, 5.41) is 13.4. The van der Waals surface area contributed by atoms with E-state index in [-0.39, 0.29) is 17.1 Å². The number of hydrogen-bond acceptors (Lipinski definition) is 3. The van der Waals surface area contributed by atoms with Gasteiger partial charge in [0.05, 0.1) is 0 Å². The molecular formula is C19H22ClNO2. The van der Waals surface area contributed by atoms with Gasteiger partial charge >= 0.3 is 0 Å². The van der Waals surface area contributed by atoms with Crippen LogP contribution in [0.3, 0.4) is 0 Å². The van der Waals surface area contributed by atoms with Crippen molar-refractivity contribution in [3.05, 3.63) is 64.7 Å². The fourth-order valence-corrected chi connectivity index (χ4v) is 2.61. The molecule has 0 aromatic heterocycles. The van der Waals surface area contributed by atoms with E-state index in [0.29, 0.717) is 18.5 Å². The number of nitrogens with one attached hydrogen (secondary N) is 1. The molecule has 0 saturated carbocycles. The van der Waals surface area contributed by atoms with Gasteiger partial charge in [0, 0.05) is 29.1 Å². The van der Waals surface area contributed by atoms with Crippen LogP contribution < -0.4 is 5.32 Å². The molecule has 0 saturated heterocycles. The minimum atomic E-state index is -0.108. The van der Waals surface area contributed by atoms with Gasteiger partial charge in [0.1, 0.15) is 5.75 Å². The monoisotopic (exact) mass is 331 g/mol. The zero-order valence-corrected chi connectivity index (χ0v) is 14.2. The maximum Gasteiger partial charge on any atom is 0.164 e. The second-order valence-corrected chi connectivity index (χ2v) is 6.77. The van der Waals surface area contributed by atoms with E-state index in [9.17, 15) is 9.90 Å². The molecule has 0 fully saturated rings. The lowest BCUT2D eigenvalue weighted by molar-refractivity contribution is 0.0980. The molecule has 0 aliphatic heterocycles. The Hall–Kier alpha value is -1.84. The highest BCUT2D eigenvalue weighted by molar-refractivity contribution is 6.30. The average molecular weight is 332 g/mol. The quantitative estimate of drug-likeness (QED) is 0.746. The summed E-state index contributed by atoms with van der Waals surface area (Å²) in [4.78, 5) is 12.1. The number of halogens is 1. The number of ketones is 1. The van der Waals surface area contributed by atoms with Crippen molar-refractivity contribution in [1.82, 2.24) is 5.32 Å². The number of phenolic OH excluding ortho intramolecular Hbond substituents is 1. The summed E-state index contributed by atoms with van der Waals surface area (Å²) in [5.74, 6) is 0.239. The topological polar surface area (TPSA) is 49.3 Å². The first kappa shape index (κ1) is 17.5. The number of Topliss-reactive ketones (excluding diaryl/α,β-unsaturated/α-hetero) is 1. The molecule has 4 heteroatoms. The van der Waals surface area contributed by atoms with Crippen molar-refractivity contribution in [2.24, 2.45) is 0 Å². The van der Waals surface area contributed by atoms with E-state index in [1.54, 1.807) is 12.1 Å². The zero-order valence-electron chi connectivity index (χ0n) is 13.5. The fraction of sp³-hybridized carbons (Fsp3) is 0.316. The van der Waals surface area contributed by atoms with E-state index in [1.165, 1.54) is 17.7 Å². The summed E-state index contributed by atoms with van der Waals surface area (Å²) in [6.07, 6.45) is 1.28. The first-order valence-corrected chi connectivity index (χ1v) is 8.05. The molecule has 0 aliphatic carbocycles. The van der Waals surface area contributed by atoms with Gasteiger partial charge in [-0.25, -0.2) is 0 Å². The zero-order chi connectivity index (χ0) is 16.9. The predicted octanol–water partition coefficient (Wildman–Crippen LogP) is 4.23. The van der Waals surface area contributed by atoms with Gasteiger partial charge in [0.2, 0.25) is 0 Å². The van der Waals surface area contributed by atoms with Crippen LogP contribution in [0.5, 0.6) is 5.75 Å². The van der Waals surface area contributed by atoms with Gasteiger partial charge in [-0.05, 0) is 62.2 Å². The first-order chi connectivity index (χ1) is 10.9. The standard InChI is InChI=1S/C19H22ClNO2/c1-19(2,13-14-3-7-16(20)8-4-14)21-12-11-18(23)15-5-9-17(22)10-6-15/h3-10,21-22H,11-13H2,1-2H3. The molecule has 2 N–H and O–H groups in total. The molecule has 122 valence electrons. The number of aromatic hydroxyl groups is 1. The third-order valence-corrected chi connectivity index (χ3v) is 3.96. The number of phenols is 1. The largest absolute Gasteiger partial charge is 0.508 e. The molecule has 0 radical (unpaired) electrons. The molecule has 23 heavy (non-hydrogen) atoms. The van der Waals surface area contributed by atoms with Crippen LogP contribution in [0.1, 0.15) is 36.2 Å². The number of benzene rings is 2. The Morgan fingerprint density at radius 3 is 2.30 bits per heavy atom. The minimum absolute atomic E-state index is 0.0693. The summed E-state index contributed by atoms with van der Waals surface area (Å²) in [6.45, 7) is 4.85. The molecule has 2 rings (SSSR count). The fourth-order valence-electron chi connectivity index (χ4n) is 2.48. The van der Waals surface area contributed by atoms with Crippen molar-refractivity contribution in [3.63, 3.8) is 0 Å². The normalized spacial score (nSPS) is 11.4. The summed E-state index contributed by atoms with van der Waals surface area (Å²) in [5.41, 5.74) is 1.72. The molecule has 2 aromatic carbocycles. The van der Waals surface area contributed by atoms with Crippen LogP contribution >= 0.6 is 11.6 Å². The van der Waals surface area contributed by atoms with Gasteiger partial charge in [-0.1, -0.05) is 23.7 Å². The highest BCUT2D eigenvalue weighted by Gasteiger charge is 2.18. The maximum atomic E-state index is 12.1. The van der Waals surface area contributed by atoms with Gasteiger partial charge < -0.3 is 10.4 Å². The Balaban J connectivity index is 1.83. The molecule has 2 aromatic rings. The second kappa shape index (κ2) is 7.62. The highest BCUT2D eigenvalue weighted by Crippen LogP contribution is 2.16. The first-order valence-electron chi connectivity index (χ1n) is 7.67. The van der Waals surface area contributed by atoms with Gasteiger partial charge in [-0.3, -0.25) is 4.79 Å².